The predicted molar refractivity (Wildman–Crippen MR) is 84.8 cm³/mol. The van der Waals surface area contributed by atoms with Crippen LogP contribution in [-0.2, 0) is 6.42 Å². The maximum atomic E-state index is 11.9. The molecule has 0 spiro atoms. The molecule has 2 aromatic rings. The molecular weight excluding hydrogens is 280 g/mol. The fourth-order valence-corrected chi connectivity index (χ4v) is 2.46. The highest BCUT2D eigenvalue weighted by atomic mass is 16.6. The second kappa shape index (κ2) is 6.95. The Balaban J connectivity index is 2.41. The van der Waals surface area contributed by atoms with E-state index >= 15 is 0 Å². The molecule has 0 aromatic heterocycles. The molecule has 0 saturated heterocycles. The number of nitrogens with two attached hydrogens (primary N) is 1. The second-order valence-corrected chi connectivity index (χ2v) is 5.07. The Kier molecular flexibility index (Phi) is 5.01. The van der Waals surface area contributed by atoms with Gasteiger partial charge in [-0.15, -0.1) is 0 Å². The number of hydrogen-bond acceptors (Lipinski definition) is 4. The van der Waals surface area contributed by atoms with Crippen molar-refractivity contribution in [1.82, 2.24) is 0 Å². The summed E-state index contributed by atoms with van der Waals surface area (Å²) in [5, 5.41) is 11.4. The van der Waals surface area contributed by atoms with Crippen molar-refractivity contribution < 1.29 is 9.72 Å². The van der Waals surface area contributed by atoms with Gasteiger partial charge in [0.1, 0.15) is 0 Å². The van der Waals surface area contributed by atoms with Crippen molar-refractivity contribution in [2.45, 2.75) is 25.8 Å². The summed E-state index contributed by atoms with van der Waals surface area (Å²) in [6.45, 7) is 1.68. The molecule has 2 N–H and O–H groups in total. The van der Waals surface area contributed by atoms with Crippen molar-refractivity contribution in [2.75, 3.05) is 0 Å². The van der Waals surface area contributed by atoms with E-state index in [2.05, 4.69) is 0 Å². The summed E-state index contributed by atoms with van der Waals surface area (Å²) in [5.74, 6) is -0.250. The lowest BCUT2D eigenvalue weighted by atomic mass is 9.94. The zero-order valence-electron chi connectivity index (χ0n) is 12.4. The van der Waals surface area contributed by atoms with Crippen LogP contribution in [0.15, 0.2) is 48.5 Å². The van der Waals surface area contributed by atoms with Crippen LogP contribution in [0.4, 0.5) is 5.69 Å². The van der Waals surface area contributed by atoms with Crippen molar-refractivity contribution in [2.24, 2.45) is 5.73 Å². The molecule has 5 nitrogen and oxygen atoms in total. The molecule has 1 atom stereocenters. The highest BCUT2D eigenvalue weighted by Crippen LogP contribution is 2.30. The molecule has 0 aliphatic rings. The number of carbonyl (C=O) groups excluding carboxylic acids is 1. The third-order valence-electron chi connectivity index (χ3n) is 3.57. The summed E-state index contributed by atoms with van der Waals surface area (Å²) < 4.78 is 0. The Hall–Kier alpha value is -2.53. The smallest absolute Gasteiger partial charge is 0.284 e. The molecule has 22 heavy (non-hydrogen) atoms. The molecule has 5 heteroatoms. The van der Waals surface area contributed by atoms with Crippen LogP contribution in [0.5, 0.6) is 0 Å². The van der Waals surface area contributed by atoms with Crippen LogP contribution in [0.1, 0.15) is 40.9 Å². The van der Waals surface area contributed by atoms with Gasteiger partial charge < -0.3 is 5.73 Å². The summed E-state index contributed by atoms with van der Waals surface area (Å²) in [4.78, 5) is 22.8. The number of rotatable bonds is 6. The first-order valence-corrected chi connectivity index (χ1v) is 7.14. The van der Waals surface area contributed by atoms with E-state index in [9.17, 15) is 14.9 Å². The number of para-hydroxylation sites is 1. The number of nitro groups is 1. The van der Waals surface area contributed by atoms with Crippen LogP contribution >= 0.6 is 0 Å². The number of Topliss-reactive ketones (excluding diaryl/α,β-unsaturated/α-hetero) is 1. The SMILES string of the molecule is CCC(=O)c1cccc(C(N)Cc2ccccc2)c1[N+](=O)[O-]. The number of nitro benzene ring substituents is 1. The van der Waals surface area contributed by atoms with Crippen molar-refractivity contribution in [3.05, 3.63) is 75.3 Å². The van der Waals surface area contributed by atoms with E-state index in [0.29, 0.717) is 12.0 Å². The summed E-state index contributed by atoms with van der Waals surface area (Å²) in [6.07, 6.45) is 0.698. The van der Waals surface area contributed by atoms with Crippen LogP contribution in [0, 0.1) is 10.1 Å². The second-order valence-electron chi connectivity index (χ2n) is 5.07. The molecule has 0 aliphatic carbocycles. The van der Waals surface area contributed by atoms with Crippen molar-refractivity contribution in [3.8, 4) is 0 Å². The van der Waals surface area contributed by atoms with E-state index in [1.165, 1.54) is 6.07 Å². The Labute approximate surface area is 128 Å². The van der Waals surface area contributed by atoms with E-state index in [1.54, 1.807) is 19.1 Å². The standard InChI is InChI=1S/C17H18N2O3/c1-2-16(20)14-10-6-9-13(17(14)19(21)22)15(18)11-12-7-4-3-5-8-12/h3-10,15H,2,11,18H2,1H3. The van der Waals surface area contributed by atoms with Crippen LogP contribution < -0.4 is 5.73 Å². The molecule has 1 unspecified atom stereocenters. The van der Waals surface area contributed by atoms with Crippen LogP contribution in [-0.4, -0.2) is 10.7 Å². The average molecular weight is 298 g/mol. The van der Waals surface area contributed by atoms with Crippen LogP contribution in [0.2, 0.25) is 0 Å². The van der Waals surface area contributed by atoms with Gasteiger partial charge in [-0.25, -0.2) is 0 Å². The highest BCUT2D eigenvalue weighted by Gasteiger charge is 2.26. The lowest BCUT2D eigenvalue weighted by molar-refractivity contribution is -0.386. The predicted octanol–water partition coefficient (Wildman–Crippen LogP) is 3.43. The maximum absolute atomic E-state index is 11.9. The zero-order chi connectivity index (χ0) is 16.1. The minimum absolute atomic E-state index is 0.133. The van der Waals surface area contributed by atoms with Gasteiger partial charge in [-0.05, 0) is 18.1 Å². The number of hydrogen-bond donors (Lipinski definition) is 1. The molecule has 0 aliphatic heterocycles. The first-order valence-electron chi connectivity index (χ1n) is 7.14. The fraction of sp³-hybridized carbons (Fsp3) is 0.235. The van der Waals surface area contributed by atoms with Gasteiger partial charge in [0.05, 0.1) is 10.5 Å². The topological polar surface area (TPSA) is 86.2 Å². The Morgan fingerprint density at radius 3 is 2.45 bits per heavy atom. The Morgan fingerprint density at radius 1 is 1.18 bits per heavy atom. The van der Waals surface area contributed by atoms with Gasteiger partial charge in [-0.3, -0.25) is 14.9 Å². The van der Waals surface area contributed by atoms with Gasteiger partial charge >= 0.3 is 0 Å². The summed E-state index contributed by atoms with van der Waals surface area (Å²) in [5.41, 5.74) is 7.52. The van der Waals surface area contributed by atoms with Gasteiger partial charge in [-0.1, -0.05) is 49.4 Å². The summed E-state index contributed by atoms with van der Waals surface area (Å²) >= 11 is 0. The molecule has 0 bridgehead atoms. The highest BCUT2D eigenvalue weighted by molar-refractivity contribution is 6.00. The quantitative estimate of drug-likeness (QED) is 0.503. The van der Waals surface area contributed by atoms with Crippen molar-refractivity contribution in [3.63, 3.8) is 0 Å². The molecule has 0 amide bonds. The fourth-order valence-electron chi connectivity index (χ4n) is 2.46. The van der Waals surface area contributed by atoms with E-state index in [4.69, 9.17) is 5.73 Å². The minimum atomic E-state index is -0.535. The van der Waals surface area contributed by atoms with Crippen molar-refractivity contribution >= 4 is 11.5 Å². The number of ketones is 1. The lowest BCUT2D eigenvalue weighted by Gasteiger charge is -2.14. The molecule has 0 fully saturated rings. The van der Waals surface area contributed by atoms with Crippen molar-refractivity contribution in [1.29, 1.82) is 0 Å². The summed E-state index contributed by atoms with van der Waals surface area (Å²) in [7, 11) is 0. The van der Waals surface area contributed by atoms with E-state index in [1.807, 2.05) is 30.3 Å². The van der Waals surface area contributed by atoms with Gasteiger partial charge in [0.2, 0.25) is 0 Å². The average Bonchev–Trinajstić information content (AvgIpc) is 2.54. The Bertz CT molecular complexity index is 684. The molecule has 0 saturated carbocycles. The zero-order valence-corrected chi connectivity index (χ0v) is 12.4. The van der Waals surface area contributed by atoms with E-state index < -0.39 is 11.0 Å². The van der Waals surface area contributed by atoms with Gasteiger partial charge in [0.15, 0.2) is 5.78 Å². The molecule has 114 valence electrons. The summed E-state index contributed by atoms with van der Waals surface area (Å²) in [6, 6.07) is 13.8. The number of carbonyl (C=O) groups is 1. The van der Waals surface area contributed by atoms with Gasteiger partial charge in [0, 0.05) is 18.0 Å². The molecule has 0 heterocycles. The Morgan fingerprint density at radius 2 is 1.86 bits per heavy atom. The maximum Gasteiger partial charge on any atom is 0.284 e. The molecular formula is C17H18N2O3. The normalized spacial score (nSPS) is 11.9. The van der Waals surface area contributed by atoms with Crippen LogP contribution in [0.25, 0.3) is 0 Å². The first-order chi connectivity index (χ1) is 10.5. The van der Waals surface area contributed by atoms with Gasteiger partial charge in [0.25, 0.3) is 5.69 Å². The number of benzene rings is 2. The van der Waals surface area contributed by atoms with Gasteiger partial charge in [-0.2, -0.15) is 0 Å². The minimum Gasteiger partial charge on any atom is -0.323 e. The van der Waals surface area contributed by atoms with Crippen LogP contribution in [0.3, 0.4) is 0 Å². The molecule has 2 rings (SSSR count). The lowest BCUT2D eigenvalue weighted by Crippen LogP contribution is -2.17. The molecule has 2 aromatic carbocycles. The first kappa shape index (κ1) is 15.9. The third kappa shape index (κ3) is 3.38. The third-order valence-corrected chi connectivity index (χ3v) is 3.57. The monoisotopic (exact) mass is 298 g/mol. The molecule has 0 radical (unpaired) electrons. The van der Waals surface area contributed by atoms with E-state index in [-0.39, 0.29) is 23.5 Å². The largest absolute Gasteiger partial charge is 0.323 e. The number of nitrogens with zero attached hydrogens (tertiary/aromatic N) is 1. The van der Waals surface area contributed by atoms with E-state index in [0.717, 1.165) is 5.56 Å².